The molecular formula is C21H26N2O3. The third-order valence-corrected chi connectivity index (χ3v) is 4.68. The van der Waals surface area contributed by atoms with Crippen molar-refractivity contribution in [3.8, 4) is 11.5 Å². The average molecular weight is 354 g/mol. The van der Waals surface area contributed by atoms with Gasteiger partial charge in [-0.1, -0.05) is 12.1 Å². The first-order chi connectivity index (χ1) is 12.6. The number of anilines is 1. The summed E-state index contributed by atoms with van der Waals surface area (Å²) in [6.07, 6.45) is -0.506. The van der Waals surface area contributed by atoms with Gasteiger partial charge in [0.2, 0.25) is 0 Å². The van der Waals surface area contributed by atoms with Crippen LogP contribution in [0.25, 0.3) is 0 Å². The van der Waals surface area contributed by atoms with Gasteiger partial charge in [-0.3, -0.25) is 4.79 Å². The number of carbonyl (C=O) groups is 1. The smallest absolute Gasteiger partial charge is 0.263 e. The molecule has 138 valence electrons. The van der Waals surface area contributed by atoms with E-state index in [9.17, 15) is 4.79 Å². The Morgan fingerprint density at radius 1 is 1.00 bits per heavy atom. The van der Waals surface area contributed by atoms with E-state index in [-0.39, 0.29) is 5.91 Å². The number of ether oxygens (including phenoxy) is 2. The molecule has 0 bridgehead atoms. The molecule has 1 heterocycles. The van der Waals surface area contributed by atoms with Crippen LogP contribution in [0.1, 0.15) is 12.5 Å². The van der Waals surface area contributed by atoms with Gasteiger partial charge < -0.3 is 19.3 Å². The van der Waals surface area contributed by atoms with Crippen molar-refractivity contribution in [1.82, 2.24) is 4.90 Å². The van der Waals surface area contributed by atoms with Crippen LogP contribution in [0.5, 0.6) is 11.5 Å². The molecule has 1 saturated heterocycles. The molecule has 1 fully saturated rings. The summed E-state index contributed by atoms with van der Waals surface area (Å²) in [5.74, 6) is 1.47. The van der Waals surface area contributed by atoms with Gasteiger partial charge in [0.15, 0.2) is 6.10 Å². The SMILES string of the molecule is COc1ccc(O[C@@H](C)C(=O)N2CCN(c3cccc(C)c3)CC2)cc1. The quantitative estimate of drug-likeness (QED) is 0.827. The zero-order chi connectivity index (χ0) is 18.5. The Morgan fingerprint density at radius 3 is 2.27 bits per heavy atom. The molecule has 26 heavy (non-hydrogen) atoms. The predicted octanol–water partition coefficient (Wildman–Crippen LogP) is 3.12. The highest BCUT2D eigenvalue weighted by atomic mass is 16.5. The fourth-order valence-corrected chi connectivity index (χ4v) is 3.18. The number of nitrogens with zero attached hydrogens (tertiary/aromatic N) is 2. The first-order valence-corrected chi connectivity index (χ1v) is 8.98. The van der Waals surface area contributed by atoms with Crippen LogP contribution in [0.3, 0.4) is 0 Å². The summed E-state index contributed by atoms with van der Waals surface area (Å²) in [6, 6.07) is 15.8. The number of benzene rings is 2. The summed E-state index contributed by atoms with van der Waals surface area (Å²) in [6.45, 7) is 7.00. The molecular weight excluding hydrogens is 328 g/mol. The van der Waals surface area contributed by atoms with Gasteiger partial charge in [-0.25, -0.2) is 0 Å². The van der Waals surface area contributed by atoms with E-state index in [4.69, 9.17) is 9.47 Å². The third kappa shape index (κ3) is 4.28. The highest BCUT2D eigenvalue weighted by Gasteiger charge is 2.26. The molecule has 0 saturated carbocycles. The van der Waals surface area contributed by atoms with E-state index in [1.165, 1.54) is 11.3 Å². The number of methoxy groups -OCH3 is 1. The summed E-state index contributed by atoms with van der Waals surface area (Å²) >= 11 is 0. The molecule has 0 spiro atoms. The molecule has 2 aromatic carbocycles. The van der Waals surface area contributed by atoms with Gasteiger partial charge in [0, 0.05) is 31.9 Å². The minimum absolute atomic E-state index is 0.0321. The minimum Gasteiger partial charge on any atom is -0.497 e. The molecule has 2 aromatic rings. The lowest BCUT2D eigenvalue weighted by molar-refractivity contribution is -0.138. The van der Waals surface area contributed by atoms with Crippen molar-refractivity contribution in [1.29, 1.82) is 0 Å². The van der Waals surface area contributed by atoms with Crippen LogP contribution in [-0.4, -0.2) is 50.2 Å². The largest absolute Gasteiger partial charge is 0.497 e. The van der Waals surface area contributed by atoms with E-state index in [1.807, 2.05) is 29.2 Å². The average Bonchev–Trinajstić information content (AvgIpc) is 2.68. The third-order valence-electron chi connectivity index (χ3n) is 4.68. The lowest BCUT2D eigenvalue weighted by Crippen LogP contribution is -2.52. The first kappa shape index (κ1) is 18.1. The van der Waals surface area contributed by atoms with Crippen molar-refractivity contribution in [3.63, 3.8) is 0 Å². The molecule has 0 radical (unpaired) electrons. The zero-order valence-corrected chi connectivity index (χ0v) is 15.6. The summed E-state index contributed by atoms with van der Waals surface area (Å²) in [7, 11) is 1.62. The number of carbonyl (C=O) groups excluding carboxylic acids is 1. The molecule has 5 heteroatoms. The van der Waals surface area contributed by atoms with Crippen molar-refractivity contribution in [2.24, 2.45) is 0 Å². The maximum atomic E-state index is 12.7. The summed E-state index contributed by atoms with van der Waals surface area (Å²) in [5.41, 5.74) is 2.47. The Bertz CT molecular complexity index is 737. The monoisotopic (exact) mass is 354 g/mol. The van der Waals surface area contributed by atoms with Crippen LogP contribution in [0.4, 0.5) is 5.69 Å². The van der Waals surface area contributed by atoms with E-state index < -0.39 is 6.10 Å². The normalized spacial score (nSPS) is 15.5. The van der Waals surface area contributed by atoms with Crippen molar-refractivity contribution in [2.75, 3.05) is 38.2 Å². The molecule has 0 aromatic heterocycles. The van der Waals surface area contributed by atoms with Crippen LogP contribution >= 0.6 is 0 Å². The van der Waals surface area contributed by atoms with Gasteiger partial charge in [0.25, 0.3) is 5.91 Å². The van der Waals surface area contributed by atoms with Crippen LogP contribution in [0.2, 0.25) is 0 Å². The van der Waals surface area contributed by atoms with Crippen LogP contribution in [0.15, 0.2) is 48.5 Å². The first-order valence-electron chi connectivity index (χ1n) is 8.98. The van der Waals surface area contributed by atoms with Gasteiger partial charge in [-0.2, -0.15) is 0 Å². The number of piperazine rings is 1. The Kier molecular flexibility index (Phi) is 5.66. The van der Waals surface area contributed by atoms with Crippen molar-refractivity contribution < 1.29 is 14.3 Å². The van der Waals surface area contributed by atoms with Gasteiger partial charge in [0.05, 0.1) is 7.11 Å². The summed E-state index contributed by atoms with van der Waals surface area (Å²) < 4.78 is 10.9. The second kappa shape index (κ2) is 8.13. The van der Waals surface area contributed by atoms with Crippen LogP contribution in [-0.2, 0) is 4.79 Å². The van der Waals surface area contributed by atoms with E-state index in [2.05, 4.69) is 36.1 Å². The van der Waals surface area contributed by atoms with Crippen molar-refractivity contribution >= 4 is 11.6 Å². The van der Waals surface area contributed by atoms with Gasteiger partial charge >= 0.3 is 0 Å². The number of hydrogen-bond acceptors (Lipinski definition) is 4. The van der Waals surface area contributed by atoms with Gasteiger partial charge in [-0.15, -0.1) is 0 Å². The molecule has 3 rings (SSSR count). The van der Waals surface area contributed by atoms with Gasteiger partial charge in [-0.05, 0) is 55.8 Å². The maximum Gasteiger partial charge on any atom is 0.263 e. The molecule has 1 aliphatic rings. The molecule has 0 aliphatic carbocycles. The highest BCUT2D eigenvalue weighted by Crippen LogP contribution is 2.20. The van der Waals surface area contributed by atoms with E-state index >= 15 is 0 Å². The number of aryl methyl sites for hydroxylation is 1. The fraction of sp³-hybridized carbons (Fsp3) is 0.381. The molecule has 1 amide bonds. The van der Waals surface area contributed by atoms with Crippen LogP contribution < -0.4 is 14.4 Å². The Hall–Kier alpha value is -2.69. The van der Waals surface area contributed by atoms with Crippen molar-refractivity contribution in [3.05, 3.63) is 54.1 Å². The fourth-order valence-electron chi connectivity index (χ4n) is 3.18. The van der Waals surface area contributed by atoms with E-state index in [1.54, 1.807) is 14.0 Å². The highest BCUT2D eigenvalue weighted by molar-refractivity contribution is 5.81. The Morgan fingerprint density at radius 2 is 1.65 bits per heavy atom. The summed E-state index contributed by atoms with van der Waals surface area (Å²) in [4.78, 5) is 16.9. The minimum atomic E-state index is -0.506. The Balaban J connectivity index is 1.53. The Labute approximate surface area is 155 Å². The predicted molar refractivity (Wildman–Crippen MR) is 103 cm³/mol. The molecule has 0 unspecified atom stereocenters. The maximum absolute atomic E-state index is 12.7. The van der Waals surface area contributed by atoms with Gasteiger partial charge in [0.1, 0.15) is 11.5 Å². The lowest BCUT2D eigenvalue weighted by Gasteiger charge is -2.37. The number of rotatable bonds is 5. The molecule has 5 nitrogen and oxygen atoms in total. The lowest BCUT2D eigenvalue weighted by atomic mass is 10.2. The molecule has 1 atom stereocenters. The topological polar surface area (TPSA) is 42.0 Å². The van der Waals surface area contributed by atoms with E-state index in [0.29, 0.717) is 18.8 Å². The van der Waals surface area contributed by atoms with Crippen molar-refractivity contribution in [2.45, 2.75) is 20.0 Å². The second-order valence-electron chi connectivity index (χ2n) is 6.59. The number of amides is 1. The summed E-state index contributed by atoms with van der Waals surface area (Å²) in [5, 5.41) is 0. The zero-order valence-electron chi connectivity index (χ0n) is 15.6. The standard InChI is InChI=1S/C21H26N2O3/c1-16-5-4-6-18(15-16)22-11-13-23(14-12-22)21(24)17(2)26-20-9-7-19(25-3)8-10-20/h4-10,15,17H,11-14H2,1-3H3/t17-/m0/s1. The second-order valence-corrected chi connectivity index (χ2v) is 6.59. The molecule has 1 aliphatic heterocycles. The van der Waals surface area contributed by atoms with E-state index in [0.717, 1.165) is 18.8 Å². The molecule has 0 N–H and O–H groups in total. The van der Waals surface area contributed by atoms with Crippen LogP contribution in [0, 0.1) is 6.92 Å². The number of hydrogen-bond donors (Lipinski definition) is 0.